The molecule has 2 nitrogen and oxygen atoms in total. The maximum Gasteiger partial charge on any atom is 0 e. The van der Waals surface area contributed by atoms with Gasteiger partial charge in [-0.2, -0.15) is 0 Å². The first-order chi connectivity index (χ1) is 0. The van der Waals surface area contributed by atoms with Gasteiger partial charge in [-0.3, -0.25) is 28.2 Å². The summed E-state index contributed by atoms with van der Waals surface area (Å²) < 4.78 is 0. The van der Waals surface area contributed by atoms with Crippen molar-refractivity contribution in [2.75, 3.05) is 0 Å². The molecule has 0 bridgehead atoms. The molecule has 0 unspecified atom stereocenters. The molecule has 0 amide bonds. The van der Waals surface area contributed by atoms with Crippen LogP contribution in [-0.2, 0) is 0 Å². The lowest BCUT2D eigenvalue weighted by Crippen LogP contribution is -0.482. The van der Waals surface area contributed by atoms with Gasteiger partial charge in [-0.15, -0.1) is 0 Å². The Kier molecular flexibility index (Phi) is 3130000. The maximum atomic E-state index is 0. The van der Waals surface area contributed by atoms with Crippen LogP contribution in [0.5, 0.6) is 0 Å². The van der Waals surface area contributed by atoms with Gasteiger partial charge in [0, 0.05) is 11.0 Å². The van der Waals surface area contributed by atoms with Gasteiger partial charge in [0.15, 0.2) is 0 Å². The molecular weight excluding hydrogens is 170 g/mol. The highest BCUT2D eigenvalue weighted by atomic mass is 28.1. The predicted octanol–water partition coefficient (Wildman–Crippen LogP) is 0.858. The third kappa shape index (κ3) is 3150. The van der Waals surface area contributed by atoms with Gasteiger partial charge in [-0.25, -0.2) is 0 Å². The molecule has 0 aromatic rings. The van der Waals surface area contributed by atoms with Crippen molar-refractivity contribution in [3.05, 3.63) is 0 Å². The second-order valence-electron chi connectivity index (χ2n) is 0. The van der Waals surface area contributed by atoms with E-state index < -0.39 is 0 Å². The van der Waals surface area contributed by atoms with Gasteiger partial charge in [0.05, 0.1) is 0 Å². The van der Waals surface area contributed by atoms with Crippen LogP contribution < -0.4 is 12.3 Å². The quantitative estimate of drug-likeness (QED) is 0.431. The second kappa shape index (κ2) is 4340. The molecule has 9 heteroatoms. The molecule has 4 radical (unpaired) electrons. The summed E-state index contributed by atoms with van der Waals surface area (Å²) in [5, 5.41) is 0. The van der Waals surface area contributed by atoms with Gasteiger partial charge in [0.2, 0.25) is 0 Å². The molecule has 0 aliphatic heterocycles. The minimum atomic E-state index is 0. The summed E-state index contributed by atoms with van der Waals surface area (Å²) in [6.07, 6.45) is 0. The van der Waals surface area contributed by atoms with Crippen LogP contribution in [-0.4, -0.2) is 11.0 Å². The first-order valence-corrected chi connectivity index (χ1v) is 0. The summed E-state index contributed by atoms with van der Waals surface area (Å²) in [6.45, 7) is 0. The van der Waals surface area contributed by atoms with Crippen molar-refractivity contribution in [1.29, 1.82) is 0 Å². The van der Waals surface area contributed by atoms with Gasteiger partial charge in [-0.1, -0.05) is 0 Å². The van der Waals surface area contributed by atoms with E-state index >= 15 is 0 Å². The van der Waals surface area contributed by atoms with Crippen molar-refractivity contribution in [2.24, 2.45) is 0 Å². The van der Waals surface area contributed by atoms with Crippen molar-refractivity contribution in [1.82, 2.24) is 12.3 Å². The van der Waals surface area contributed by atoms with Crippen LogP contribution in [0.3, 0.4) is 0 Å². The minimum absolute atomic E-state index is 0. The van der Waals surface area contributed by atoms with Crippen molar-refractivity contribution in [3.8, 4) is 0 Å². The Morgan fingerprint density at radius 1 is 0.333 bits per heavy atom. The van der Waals surface area contributed by atoms with Crippen molar-refractivity contribution in [3.63, 3.8) is 0 Å². The molecule has 6 N–H and O–H groups in total. The SMILES string of the molecule is F.F.F.F.F.F.N.N.[Si]. The fourth-order valence-corrected chi connectivity index (χ4v) is 0. The van der Waals surface area contributed by atoms with Crippen molar-refractivity contribution in [2.45, 2.75) is 0 Å². The molecular formula is H12F6N2Si. The molecule has 0 saturated heterocycles. The number of hydrogen-bond donors (Lipinski definition) is 2. The van der Waals surface area contributed by atoms with Gasteiger partial charge < -0.3 is 12.3 Å². The van der Waals surface area contributed by atoms with Crippen LogP contribution in [0.25, 0.3) is 0 Å². The molecule has 0 aliphatic carbocycles. The van der Waals surface area contributed by atoms with E-state index in [0.29, 0.717) is 0 Å². The Morgan fingerprint density at radius 3 is 0.333 bits per heavy atom. The molecule has 0 atom stereocenters. The summed E-state index contributed by atoms with van der Waals surface area (Å²) in [5.74, 6) is 0. The lowest BCUT2D eigenvalue weighted by atomic mass is 14.0. The fourth-order valence-electron chi connectivity index (χ4n) is 0. The molecule has 0 fully saturated rings. The fraction of sp³-hybridized carbons (Fsp3) is 0. The minimum Gasteiger partial charge on any atom is -0.344 e. The van der Waals surface area contributed by atoms with Gasteiger partial charge >= 0.3 is 0 Å². The number of hydrogen-bond acceptors (Lipinski definition) is 2. The van der Waals surface area contributed by atoms with Gasteiger partial charge in [0.1, 0.15) is 0 Å². The zero-order valence-corrected chi connectivity index (χ0v) is 5.36. The summed E-state index contributed by atoms with van der Waals surface area (Å²) in [7, 11) is 0. The molecule has 68 valence electrons. The largest absolute Gasteiger partial charge is 0.344 e. The van der Waals surface area contributed by atoms with E-state index in [0.717, 1.165) is 0 Å². The molecule has 0 aromatic heterocycles. The lowest BCUT2D eigenvalue weighted by molar-refractivity contribution is 1.11. The van der Waals surface area contributed by atoms with E-state index in [9.17, 15) is 0 Å². The average molecular weight is 182 g/mol. The Morgan fingerprint density at radius 2 is 0.333 bits per heavy atom. The topological polar surface area (TPSA) is 70.0 Å². The van der Waals surface area contributed by atoms with E-state index in [-0.39, 0.29) is 51.5 Å². The molecule has 0 saturated carbocycles. The monoisotopic (exact) mass is 182 g/mol. The van der Waals surface area contributed by atoms with E-state index in [1.165, 1.54) is 0 Å². The van der Waals surface area contributed by atoms with Crippen LogP contribution in [0.2, 0.25) is 0 Å². The van der Waals surface area contributed by atoms with E-state index in [1.54, 1.807) is 0 Å². The molecule has 0 spiro atoms. The highest BCUT2D eigenvalue weighted by Gasteiger charge is 0.0000289. The molecule has 0 heterocycles. The third-order valence-corrected chi connectivity index (χ3v) is 0. The van der Waals surface area contributed by atoms with Crippen LogP contribution in [0, 0.1) is 0 Å². The summed E-state index contributed by atoms with van der Waals surface area (Å²) >= 11 is 0. The molecule has 9 heavy (non-hydrogen) atoms. The first-order valence-electron chi connectivity index (χ1n) is 0. The van der Waals surface area contributed by atoms with Crippen LogP contribution in [0.4, 0.5) is 28.2 Å². The Labute approximate surface area is 52.8 Å². The van der Waals surface area contributed by atoms with Gasteiger partial charge in [0.25, 0.3) is 0 Å². The smallest absolute Gasteiger partial charge is 0 e. The molecule has 0 rings (SSSR count). The molecule has 0 aromatic carbocycles. The Balaban J connectivity index is 0. The Hall–Kier alpha value is -0.283. The highest BCUT2D eigenvalue weighted by Crippen LogP contribution is 0.425. The van der Waals surface area contributed by atoms with Crippen molar-refractivity contribution < 1.29 is 28.2 Å². The van der Waals surface area contributed by atoms with Crippen LogP contribution in [0.1, 0.15) is 0 Å². The van der Waals surface area contributed by atoms with E-state index in [1.807, 2.05) is 0 Å². The molecule has 0 aliphatic rings. The summed E-state index contributed by atoms with van der Waals surface area (Å²) in [6, 6.07) is 0. The average Bonchev–Trinajstić information content (AvgIpc) is 0. The maximum absolute atomic E-state index is 0. The lowest BCUT2D eigenvalue weighted by Gasteiger charge is -0.345. The van der Waals surface area contributed by atoms with E-state index in [2.05, 4.69) is 0 Å². The zero-order valence-electron chi connectivity index (χ0n) is 4.36. The second-order valence-corrected chi connectivity index (χ2v) is 0. The Bertz CT molecular complexity index is 11.0. The number of rotatable bonds is 0. The number of halogens is 6. The normalized spacial score (nSPS) is 0. The van der Waals surface area contributed by atoms with Crippen LogP contribution >= 0.6 is 0 Å². The van der Waals surface area contributed by atoms with E-state index in [4.69, 9.17) is 0 Å². The third-order valence-electron chi connectivity index (χ3n) is 0. The highest BCUT2D eigenvalue weighted by molar-refractivity contribution is 5.75. The standard InChI is InChI=1S/6FH.2H3N.Si/h6*1H;2*1H3;. The van der Waals surface area contributed by atoms with Gasteiger partial charge in [-0.05, 0) is 0 Å². The predicted molar refractivity (Wildman–Crippen MR) is 30.8 cm³/mol. The zero-order chi connectivity index (χ0) is 0. The summed E-state index contributed by atoms with van der Waals surface area (Å²) in [5.41, 5.74) is 0. The first kappa shape index (κ1) is 6480. The summed E-state index contributed by atoms with van der Waals surface area (Å²) in [4.78, 5) is 0. The van der Waals surface area contributed by atoms with Crippen molar-refractivity contribution >= 4 is 11.0 Å². The van der Waals surface area contributed by atoms with Crippen LogP contribution in [0.15, 0.2) is 0 Å².